The van der Waals surface area contributed by atoms with Crippen LogP contribution in [0.1, 0.15) is 19.3 Å². The summed E-state index contributed by atoms with van der Waals surface area (Å²) in [6.45, 7) is 0.197. The first-order valence-electron chi connectivity index (χ1n) is 4.27. The second kappa shape index (κ2) is 2.54. The van der Waals surface area contributed by atoms with Crippen LogP contribution >= 0.6 is 0 Å². The summed E-state index contributed by atoms with van der Waals surface area (Å²) in [5, 5.41) is 0. The fraction of sp³-hybridized carbons (Fsp3) is 0.875. The van der Waals surface area contributed by atoms with Gasteiger partial charge in [0.15, 0.2) is 0 Å². The molecule has 2 aliphatic carbocycles. The van der Waals surface area contributed by atoms with Crippen LogP contribution in [0.2, 0.25) is 0 Å². The molecule has 0 radical (unpaired) electrons. The van der Waals surface area contributed by atoms with Gasteiger partial charge in [-0.3, -0.25) is 8.98 Å². The van der Waals surface area contributed by atoms with Gasteiger partial charge in [0.25, 0.3) is 10.1 Å². The highest BCUT2D eigenvalue weighted by Gasteiger charge is 2.60. The van der Waals surface area contributed by atoms with E-state index in [0.717, 1.165) is 12.7 Å². The maximum Gasteiger partial charge on any atom is 0.264 e. The number of Topliss-reactive ketones (excluding diaryl/α,β-unsaturated/α-hetero) is 1. The first kappa shape index (κ1) is 9.15. The van der Waals surface area contributed by atoms with Gasteiger partial charge in [-0.05, 0) is 12.3 Å². The van der Waals surface area contributed by atoms with Gasteiger partial charge in [0.05, 0.1) is 12.9 Å². The Morgan fingerprint density at radius 3 is 2.77 bits per heavy atom. The molecule has 2 saturated carbocycles. The lowest BCUT2D eigenvalue weighted by Crippen LogP contribution is -2.15. The number of hydrogen-bond donors (Lipinski definition) is 0. The molecular formula is C8H12O4S. The molecule has 0 aliphatic heterocycles. The van der Waals surface area contributed by atoms with Crippen LogP contribution < -0.4 is 0 Å². The minimum Gasteiger partial charge on any atom is -0.300 e. The molecule has 74 valence electrons. The molecule has 2 atom stereocenters. The zero-order valence-electron chi connectivity index (χ0n) is 7.45. The average molecular weight is 204 g/mol. The van der Waals surface area contributed by atoms with Gasteiger partial charge in [-0.15, -0.1) is 0 Å². The Balaban J connectivity index is 1.94. The molecule has 13 heavy (non-hydrogen) atoms. The van der Waals surface area contributed by atoms with Crippen molar-refractivity contribution in [2.24, 2.45) is 11.3 Å². The quantitative estimate of drug-likeness (QED) is 0.622. The topological polar surface area (TPSA) is 60.4 Å². The summed E-state index contributed by atoms with van der Waals surface area (Å²) in [5.41, 5.74) is -0.111. The minimum absolute atomic E-state index is 0.111. The number of hydrogen-bond acceptors (Lipinski definition) is 4. The zero-order chi connectivity index (χ0) is 9.69. The zero-order valence-corrected chi connectivity index (χ0v) is 8.26. The molecule has 0 aromatic heterocycles. The Kier molecular flexibility index (Phi) is 1.79. The van der Waals surface area contributed by atoms with Gasteiger partial charge in [-0.2, -0.15) is 8.42 Å². The molecular weight excluding hydrogens is 192 g/mol. The van der Waals surface area contributed by atoms with Crippen molar-refractivity contribution < 1.29 is 17.4 Å². The second-order valence-electron chi connectivity index (χ2n) is 4.15. The highest BCUT2D eigenvalue weighted by molar-refractivity contribution is 7.85. The van der Waals surface area contributed by atoms with Gasteiger partial charge < -0.3 is 0 Å². The van der Waals surface area contributed by atoms with Crippen LogP contribution in [0, 0.1) is 11.3 Å². The molecule has 2 fully saturated rings. The van der Waals surface area contributed by atoms with Gasteiger partial charge in [0, 0.05) is 18.3 Å². The lowest BCUT2D eigenvalue weighted by Gasteiger charge is -2.09. The summed E-state index contributed by atoms with van der Waals surface area (Å²) in [4.78, 5) is 11.0. The molecule has 0 heterocycles. The third kappa shape index (κ3) is 1.76. The molecule has 5 heteroatoms. The Morgan fingerprint density at radius 2 is 2.31 bits per heavy atom. The Morgan fingerprint density at radius 1 is 1.62 bits per heavy atom. The van der Waals surface area contributed by atoms with Crippen LogP contribution in [0.25, 0.3) is 0 Å². The van der Waals surface area contributed by atoms with E-state index in [1.54, 1.807) is 0 Å². The standard InChI is InChI=1S/C8H12O4S/c1-13(10,11)12-5-8-3-6(8)2-7(9)4-8/h6H,2-5H2,1H3. The van der Waals surface area contributed by atoms with E-state index in [0.29, 0.717) is 18.8 Å². The van der Waals surface area contributed by atoms with E-state index in [2.05, 4.69) is 0 Å². The first-order chi connectivity index (χ1) is 5.91. The fourth-order valence-corrected chi connectivity index (χ4v) is 2.58. The summed E-state index contributed by atoms with van der Waals surface area (Å²) < 4.78 is 26.2. The van der Waals surface area contributed by atoms with E-state index in [1.807, 2.05) is 0 Å². The van der Waals surface area contributed by atoms with E-state index >= 15 is 0 Å². The van der Waals surface area contributed by atoms with Crippen LogP contribution in [-0.2, 0) is 19.1 Å². The lowest BCUT2D eigenvalue weighted by atomic mass is 10.1. The minimum atomic E-state index is -3.35. The van der Waals surface area contributed by atoms with Crippen molar-refractivity contribution in [3.05, 3.63) is 0 Å². The van der Waals surface area contributed by atoms with Crippen LogP contribution in [0.5, 0.6) is 0 Å². The van der Waals surface area contributed by atoms with E-state index in [1.165, 1.54) is 0 Å². The van der Waals surface area contributed by atoms with Crippen LogP contribution in [0.15, 0.2) is 0 Å². The van der Waals surface area contributed by atoms with Crippen molar-refractivity contribution >= 4 is 15.9 Å². The monoisotopic (exact) mass is 204 g/mol. The molecule has 0 aromatic carbocycles. The smallest absolute Gasteiger partial charge is 0.264 e. The van der Waals surface area contributed by atoms with Crippen molar-refractivity contribution in [3.8, 4) is 0 Å². The summed E-state index contributed by atoms with van der Waals surface area (Å²) in [5.74, 6) is 0.634. The van der Waals surface area contributed by atoms with Crippen LogP contribution in [0.3, 0.4) is 0 Å². The number of fused-ring (bicyclic) bond motifs is 1. The third-order valence-corrected chi connectivity index (χ3v) is 3.49. The van der Waals surface area contributed by atoms with Crippen LogP contribution in [-0.4, -0.2) is 27.1 Å². The number of carbonyl (C=O) groups is 1. The Hall–Kier alpha value is -0.420. The molecule has 2 unspecified atom stereocenters. The van der Waals surface area contributed by atoms with Gasteiger partial charge in [-0.1, -0.05) is 0 Å². The summed E-state index contributed by atoms with van der Waals surface area (Å²) in [6, 6.07) is 0. The van der Waals surface area contributed by atoms with Gasteiger partial charge in [0.2, 0.25) is 0 Å². The van der Waals surface area contributed by atoms with E-state index in [-0.39, 0.29) is 17.8 Å². The predicted octanol–water partition coefficient (Wildman–Crippen LogP) is 0.332. The maximum atomic E-state index is 11.0. The van der Waals surface area contributed by atoms with E-state index < -0.39 is 10.1 Å². The molecule has 0 aromatic rings. The van der Waals surface area contributed by atoms with Crippen molar-refractivity contribution in [1.82, 2.24) is 0 Å². The second-order valence-corrected chi connectivity index (χ2v) is 5.79. The highest BCUT2D eigenvalue weighted by atomic mass is 32.2. The summed E-state index contributed by atoms with van der Waals surface area (Å²) in [7, 11) is -3.35. The Labute approximate surface area is 77.4 Å². The fourth-order valence-electron chi connectivity index (χ4n) is 2.13. The third-order valence-electron chi connectivity index (χ3n) is 2.94. The van der Waals surface area contributed by atoms with E-state index in [4.69, 9.17) is 4.18 Å². The van der Waals surface area contributed by atoms with Gasteiger partial charge in [0.1, 0.15) is 5.78 Å². The number of rotatable bonds is 3. The highest BCUT2D eigenvalue weighted by Crippen LogP contribution is 2.62. The molecule has 0 spiro atoms. The van der Waals surface area contributed by atoms with Gasteiger partial charge in [-0.25, -0.2) is 0 Å². The molecule has 0 amide bonds. The first-order valence-corrected chi connectivity index (χ1v) is 6.09. The molecule has 0 bridgehead atoms. The summed E-state index contributed by atoms with van der Waals surface area (Å²) >= 11 is 0. The van der Waals surface area contributed by atoms with E-state index in [9.17, 15) is 13.2 Å². The van der Waals surface area contributed by atoms with Gasteiger partial charge >= 0.3 is 0 Å². The Bertz CT molecular complexity index is 345. The largest absolute Gasteiger partial charge is 0.300 e. The SMILES string of the molecule is CS(=O)(=O)OCC12CC(=O)CC1C2. The van der Waals surface area contributed by atoms with Crippen molar-refractivity contribution in [1.29, 1.82) is 0 Å². The van der Waals surface area contributed by atoms with Crippen molar-refractivity contribution in [3.63, 3.8) is 0 Å². The molecule has 2 aliphatic rings. The normalized spacial score (nSPS) is 37.6. The molecule has 0 N–H and O–H groups in total. The lowest BCUT2D eigenvalue weighted by molar-refractivity contribution is -0.118. The van der Waals surface area contributed by atoms with Crippen molar-refractivity contribution in [2.45, 2.75) is 19.3 Å². The number of ketones is 1. The predicted molar refractivity (Wildman–Crippen MR) is 45.6 cm³/mol. The van der Waals surface area contributed by atoms with Crippen LogP contribution in [0.4, 0.5) is 0 Å². The molecule has 0 saturated heterocycles. The summed E-state index contributed by atoms with van der Waals surface area (Å²) in [6.07, 6.45) is 3.12. The number of carbonyl (C=O) groups excluding carboxylic acids is 1. The molecule has 4 nitrogen and oxygen atoms in total. The van der Waals surface area contributed by atoms with Crippen molar-refractivity contribution in [2.75, 3.05) is 12.9 Å². The maximum absolute atomic E-state index is 11.0. The molecule has 2 rings (SSSR count). The average Bonchev–Trinajstić information content (AvgIpc) is 2.51.